The molecule has 1 rings (SSSR count). The second kappa shape index (κ2) is 3.55. The second-order valence-corrected chi connectivity index (χ2v) is 4.10. The van der Waals surface area contributed by atoms with Crippen molar-refractivity contribution < 1.29 is 0 Å². The van der Waals surface area contributed by atoms with Gasteiger partial charge in [0.1, 0.15) is 6.07 Å². The number of rotatable bonds is 0. The third kappa shape index (κ3) is 1.74. The number of halogens is 2. The van der Waals surface area contributed by atoms with E-state index in [2.05, 4.69) is 44.6 Å². The number of benzene rings is 1. The van der Waals surface area contributed by atoms with Crippen LogP contribution in [0, 0.1) is 21.8 Å². The number of hydrogen-bond donors (Lipinski definition) is 0. The fourth-order valence-electron chi connectivity index (χ4n) is 0.748. The van der Waals surface area contributed by atoms with E-state index < -0.39 is 0 Å². The maximum Gasteiger partial charge on any atom is 0.100 e. The van der Waals surface area contributed by atoms with Gasteiger partial charge in [0.25, 0.3) is 0 Å². The Morgan fingerprint density at radius 2 is 2.18 bits per heavy atom. The van der Waals surface area contributed by atoms with Gasteiger partial charge in [0, 0.05) is 8.04 Å². The fraction of sp³-hybridized carbons (Fsp3) is 0.125. The smallest absolute Gasteiger partial charge is 0.100 e. The summed E-state index contributed by atoms with van der Waals surface area (Å²) in [5.41, 5.74) is 1.83. The zero-order valence-corrected chi connectivity index (χ0v) is 9.60. The van der Waals surface area contributed by atoms with E-state index in [9.17, 15) is 0 Å². The minimum atomic E-state index is 0.697. The molecule has 0 aromatic heterocycles. The van der Waals surface area contributed by atoms with Crippen molar-refractivity contribution in [2.45, 2.75) is 6.92 Å². The Bertz CT molecular complexity index is 328. The number of nitriles is 1. The van der Waals surface area contributed by atoms with Gasteiger partial charge < -0.3 is 0 Å². The van der Waals surface area contributed by atoms with Crippen molar-refractivity contribution in [1.29, 1.82) is 5.26 Å². The van der Waals surface area contributed by atoms with E-state index in [1.807, 2.05) is 19.1 Å². The van der Waals surface area contributed by atoms with Crippen molar-refractivity contribution in [1.82, 2.24) is 0 Å². The van der Waals surface area contributed by atoms with E-state index in [0.29, 0.717) is 5.56 Å². The first-order chi connectivity index (χ1) is 5.16. The van der Waals surface area contributed by atoms with Crippen LogP contribution in [-0.4, -0.2) is 0 Å². The highest BCUT2D eigenvalue weighted by Gasteiger charge is 2.03. The van der Waals surface area contributed by atoms with Crippen molar-refractivity contribution >= 4 is 38.5 Å². The van der Waals surface area contributed by atoms with Crippen LogP contribution in [0.25, 0.3) is 0 Å². The van der Waals surface area contributed by atoms with E-state index in [1.54, 1.807) is 0 Å². The molecule has 0 atom stereocenters. The van der Waals surface area contributed by atoms with Crippen LogP contribution < -0.4 is 0 Å². The van der Waals surface area contributed by atoms with Crippen molar-refractivity contribution in [3.63, 3.8) is 0 Å². The molecule has 0 aliphatic rings. The highest BCUT2D eigenvalue weighted by atomic mass is 127. The molecule has 1 nitrogen and oxygen atoms in total. The van der Waals surface area contributed by atoms with Crippen LogP contribution >= 0.6 is 38.5 Å². The quantitative estimate of drug-likeness (QED) is 0.673. The molecule has 0 saturated carbocycles. The van der Waals surface area contributed by atoms with Gasteiger partial charge in [0.15, 0.2) is 0 Å². The average Bonchev–Trinajstić information content (AvgIpc) is 2.01. The molecule has 0 aliphatic heterocycles. The molecule has 0 aliphatic carbocycles. The molecule has 0 radical (unpaired) electrons. The van der Waals surface area contributed by atoms with Gasteiger partial charge in [-0.05, 0) is 63.1 Å². The van der Waals surface area contributed by atoms with Crippen molar-refractivity contribution in [2.75, 3.05) is 0 Å². The van der Waals surface area contributed by atoms with Crippen molar-refractivity contribution in [2.24, 2.45) is 0 Å². The largest absolute Gasteiger partial charge is 0.192 e. The summed E-state index contributed by atoms with van der Waals surface area (Å²) in [5.74, 6) is 0. The van der Waals surface area contributed by atoms with E-state index in [4.69, 9.17) is 5.26 Å². The minimum absolute atomic E-state index is 0.697. The van der Waals surface area contributed by atoms with Crippen LogP contribution in [-0.2, 0) is 0 Å². The molecule has 0 heterocycles. The lowest BCUT2D eigenvalue weighted by Gasteiger charge is -2.01. The Kier molecular flexibility index (Phi) is 2.90. The molecule has 0 bridgehead atoms. The van der Waals surface area contributed by atoms with Gasteiger partial charge in [-0.2, -0.15) is 5.26 Å². The second-order valence-electron chi connectivity index (χ2n) is 2.15. The summed E-state index contributed by atoms with van der Waals surface area (Å²) in [5, 5.41) is 8.65. The van der Waals surface area contributed by atoms with Crippen molar-refractivity contribution in [3.05, 3.63) is 31.3 Å². The predicted octanol–water partition coefficient (Wildman–Crippen LogP) is 3.23. The van der Waals surface area contributed by atoms with Crippen molar-refractivity contribution in [3.8, 4) is 6.07 Å². The first-order valence-electron chi connectivity index (χ1n) is 3.01. The number of nitrogens with zero attached hydrogens (tertiary/aromatic N) is 1. The highest BCUT2D eigenvalue weighted by Crippen LogP contribution is 2.24. The SMILES string of the molecule is Cc1c(I)ccc(C#N)c1Br. The zero-order chi connectivity index (χ0) is 8.43. The van der Waals surface area contributed by atoms with Gasteiger partial charge in [-0.25, -0.2) is 0 Å². The van der Waals surface area contributed by atoms with Gasteiger partial charge >= 0.3 is 0 Å². The summed E-state index contributed by atoms with van der Waals surface area (Å²) in [6, 6.07) is 5.88. The van der Waals surface area contributed by atoms with E-state index >= 15 is 0 Å². The average molecular weight is 322 g/mol. The molecule has 0 spiro atoms. The van der Waals surface area contributed by atoms with E-state index in [0.717, 1.165) is 10.0 Å². The molecule has 0 fully saturated rings. The lowest BCUT2D eigenvalue weighted by Crippen LogP contribution is -1.85. The summed E-state index contributed by atoms with van der Waals surface area (Å²) in [4.78, 5) is 0. The van der Waals surface area contributed by atoms with Gasteiger partial charge in [-0.1, -0.05) is 0 Å². The molecule has 1 aromatic rings. The van der Waals surface area contributed by atoms with Gasteiger partial charge in [0.05, 0.1) is 5.56 Å². The third-order valence-electron chi connectivity index (χ3n) is 1.44. The van der Waals surface area contributed by atoms with Gasteiger partial charge in [0.2, 0.25) is 0 Å². The van der Waals surface area contributed by atoms with E-state index in [-0.39, 0.29) is 0 Å². The standard InChI is InChI=1S/C8H5BrIN/c1-5-7(10)3-2-6(4-11)8(5)9/h2-3H,1H3. The summed E-state index contributed by atoms with van der Waals surface area (Å²) < 4.78 is 2.08. The summed E-state index contributed by atoms with van der Waals surface area (Å²) >= 11 is 5.61. The first-order valence-corrected chi connectivity index (χ1v) is 4.88. The molecular weight excluding hydrogens is 317 g/mol. The molecular formula is C8H5BrIN. The molecule has 0 unspecified atom stereocenters. The Labute approximate surface area is 87.7 Å². The number of hydrogen-bond acceptors (Lipinski definition) is 1. The third-order valence-corrected chi connectivity index (χ3v) is 3.63. The topological polar surface area (TPSA) is 23.8 Å². The molecule has 0 N–H and O–H groups in total. The van der Waals surface area contributed by atoms with Crippen LogP contribution in [0.2, 0.25) is 0 Å². The van der Waals surface area contributed by atoms with Crippen LogP contribution in [0.5, 0.6) is 0 Å². The lowest BCUT2D eigenvalue weighted by atomic mass is 10.2. The summed E-state index contributed by atoms with van der Waals surface area (Å²) in [7, 11) is 0. The summed E-state index contributed by atoms with van der Waals surface area (Å²) in [6.45, 7) is 1.99. The molecule has 0 amide bonds. The van der Waals surface area contributed by atoms with Gasteiger partial charge in [-0.3, -0.25) is 0 Å². The minimum Gasteiger partial charge on any atom is -0.192 e. The molecule has 56 valence electrons. The first kappa shape index (κ1) is 9.01. The maximum absolute atomic E-state index is 8.65. The normalized spacial score (nSPS) is 9.27. The van der Waals surface area contributed by atoms with Crippen LogP contribution in [0.4, 0.5) is 0 Å². The fourth-order valence-corrected chi connectivity index (χ4v) is 2.00. The Balaban J connectivity index is 3.40. The molecule has 3 heteroatoms. The highest BCUT2D eigenvalue weighted by molar-refractivity contribution is 14.1. The van der Waals surface area contributed by atoms with Crippen LogP contribution in [0.15, 0.2) is 16.6 Å². The Morgan fingerprint density at radius 1 is 1.55 bits per heavy atom. The Morgan fingerprint density at radius 3 is 2.73 bits per heavy atom. The lowest BCUT2D eigenvalue weighted by molar-refractivity contribution is 1.35. The monoisotopic (exact) mass is 321 g/mol. The van der Waals surface area contributed by atoms with Crippen LogP contribution in [0.1, 0.15) is 11.1 Å². The summed E-state index contributed by atoms with van der Waals surface area (Å²) in [6.07, 6.45) is 0. The van der Waals surface area contributed by atoms with Gasteiger partial charge in [-0.15, -0.1) is 0 Å². The molecule has 0 saturated heterocycles. The van der Waals surface area contributed by atoms with E-state index in [1.165, 1.54) is 3.57 Å². The maximum atomic E-state index is 8.65. The van der Waals surface area contributed by atoms with Crippen LogP contribution in [0.3, 0.4) is 0 Å². The molecule has 1 aromatic carbocycles. The zero-order valence-electron chi connectivity index (χ0n) is 5.86. The Hall–Kier alpha value is -0.0800. The predicted molar refractivity (Wildman–Crippen MR) is 56.3 cm³/mol. The molecule has 11 heavy (non-hydrogen) atoms.